The molecule has 0 aliphatic carbocycles. The number of carboxylic acids is 1. The molecule has 0 aliphatic rings. The first kappa shape index (κ1) is 18.5. The van der Waals surface area contributed by atoms with Crippen molar-refractivity contribution in [2.24, 2.45) is 0 Å². The molecule has 25 heavy (non-hydrogen) atoms. The van der Waals surface area contributed by atoms with E-state index in [1.54, 1.807) is 26.2 Å². The molecule has 1 amide bonds. The minimum Gasteiger partial charge on any atom is -0.496 e. The summed E-state index contributed by atoms with van der Waals surface area (Å²) < 4.78 is 7.08. The zero-order valence-corrected chi connectivity index (χ0v) is 15.1. The van der Waals surface area contributed by atoms with Crippen LogP contribution in [0.1, 0.15) is 52.0 Å². The Bertz CT molecular complexity index is 796. The number of imidazole rings is 1. The van der Waals surface area contributed by atoms with Gasteiger partial charge in [0.15, 0.2) is 0 Å². The third-order valence-corrected chi connectivity index (χ3v) is 4.04. The molecular weight excluding hydrogens is 322 g/mol. The molecule has 0 atom stereocenters. The Hall–Kier alpha value is -2.83. The number of hydrogen-bond acceptors (Lipinski definition) is 4. The van der Waals surface area contributed by atoms with Gasteiger partial charge in [0.1, 0.15) is 17.1 Å². The fraction of sp³-hybridized carbons (Fsp3) is 0.389. The minimum absolute atomic E-state index is 0.0338. The summed E-state index contributed by atoms with van der Waals surface area (Å²) in [4.78, 5) is 30.0. The Morgan fingerprint density at radius 1 is 1.32 bits per heavy atom. The molecular formula is C18H23N3O4. The number of amides is 1. The highest BCUT2D eigenvalue weighted by Gasteiger charge is 2.21. The quantitative estimate of drug-likeness (QED) is 0.870. The maximum absolute atomic E-state index is 12.8. The number of aryl methyl sites for hydroxylation is 1. The Morgan fingerprint density at radius 3 is 2.56 bits per heavy atom. The standard InChI is InChI=1S/C18H23N3O4/c1-11(2)21-7-6-19-16(21)10-20(4)17(22)13-9-14(18(23)24)15(25-5)8-12(13)3/h6-9,11H,10H2,1-5H3,(H,23,24). The van der Waals surface area contributed by atoms with Crippen LogP contribution in [0.5, 0.6) is 5.75 Å². The fourth-order valence-corrected chi connectivity index (χ4v) is 2.67. The van der Waals surface area contributed by atoms with Crippen LogP contribution in [0.3, 0.4) is 0 Å². The maximum atomic E-state index is 12.8. The summed E-state index contributed by atoms with van der Waals surface area (Å²) in [5.74, 6) is -0.389. The van der Waals surface area contributed by atoms with Crippen molar-refractivity contribution in [2.75, 3.05) is 14.2 Å². The predicted molar refractivity (Wildman–Crippen MR) is 93.1 cm³/mol. The number of nitrogens with zero attached hydrogens (tertiary/aromatic N) is 3. The average Bonchev–Trinajstić information content (AvgIpc) is 3.01. The van der Waals surface area contributed by atoms with E-state index in [0.29, 0.717) is 17.7 Å². The number of rotatable bonds is 6. The molecule has 0 bridgehead atoms. The van der Waals surface area contributed by atoms with Crippen LogP contribution in [0.2, 0.25) is 0 Å². The van der Waals surface area contributed by atoms with Crippen molar-refractivity contribution in [2.45, 2.75) is 33.4 Å². The van der Waals surface area contributed by atoms with E-state index in [2.05, 4.69) is 4.98 Å². The van der Waals surface area contributed by atoms with Crippen LogP contribution >= 0.6 is 0 Å². The molecule has 7 heteroatoms. The van der Waals surface area contributed by atoms with Gasteiger partial charge in [-0.15, -0.1) is 0 Å². The number of hydrogen-bond donors (Lipinski definition) is 1. The summed E-state index contributed by atoms with van der Waals surface area (Å²) in [6.45, 7) is 6.17. The zero-order chi connectivity index (χ0) is 18.7. The maximum Gasteiger partial charge on any atom is 0.339 e. The van der Waals surface area contributed by atoms with E-state index in [-0.39, 0.29) is 23.3 Å². The van der Waals surface area contributed by atoms with Crippen LogP contribution < -0.4 is 4.74 Å². The monoisotopic (exact) mass is 345 g/mol. The van der Waals surface area contributed by atoms with Gasteiger partial charge in [-0.25, -0.2) is 9.78 Å². The fourth-order valence-electron chi connectivity index (χ4n) is 2.67. The van der Waals surface area contributed by atoms with Gasteiger partial charge in [0.2, 0.25) is 0 Å². The topological polar surface area (TPSA) is 84.7 Å². The van der Waals surface area contributed by atoms with E-state index < -0.39 is 5.97 Å². The second kappa shape index (κ2) is 7.38. The van der Waals surface area contributed by atoms with Gasteiger partial charge in [0.25, 0.3) is 5.91 Å². The number of carboxylic acid groups (broad SMARTS) is 1. The highest BCUT2D eigenvalue weighted by Crippen LogP contribution is 2.24. The number of ether oxygens (including phenoxy) is 1. The van der Waals surface area contributed by atoms with E-state index in [0.717, 1.165) is 5.82 Å². The number of aromatic carboxylic acids is 1. The van der Waals surface area contributed by atoms with E-state index in [1.165, 1.54) is 18.1 Å². The van der Waals surface area contributed by atoms with E-state index in [4.69, 9.17) is 4.74 Å². The number of methoxy groups -OCH3 is 1. The SMILES string of the molecule is COc1cc(C)c(C(=O)N(C)Cc2nccn2C(C)C)cc1C(=O)O. The smallest absolute Gasteiger partial charge is 0.339 e. The Kier molecular flexibility index (Phi) is 5.46. The molecule has 1 N–H and O–H groups in total. The van der Waals surface area contributed by atoms with Gasteiger partial charge in [-0.3, -0.25) is 4.79 Å². The van der Waals surface area contributed by atoms with Gasteiger partial charge in [0, 0.05) is 31.0 Å². The summed E-state index contributed by atoms with van der Waals surface area (Å²) in [6.07, 6.45) is 3.58. The second-order valence-electron chi connectivity index (χ2n) is 6.18. The molecule has 7 nitrogen and oxygen atoms in total. The van der Waals surface area contributed by atoms with Crippen molar-refractivity contribution in [3.05, 3.63) is 47.0 Å². The summed E-state index contributed by atoms with van der Waals surface area (Å²) in [6, 6.07) is 3.17. The van der Waals surface area contributed by atoms with E-state index in [1.807, 2.05) is 24.6 Å². The van der Waals surface area contributed by atoms with Crippen molar-refractivity contribution < 1.29 is 19.4 Å². The lowest BCUT2D eigenvalue weighted by molar-refractivity contribution is 0.0693. The third-order valence-electron chi connectivity index (χ3n) is 4.04. The number of carbonyl (C=O) groups excluding carboxylic acids is 1. The predicted octanol–water partition coefficient (Wildman–Crippen LogP) is 2.75. The van der Waals surface area contributed by atoms with Gasteiger partial charge < -0.3 is 19.3 Å². The molecule has 0 radical (unpaired) electrons. The minimum atomic E-state index is -1.14. The molecule has 134 valence electrons. The Balaban J connectivity index is 2.32. The normalized spacial score (nSPS) is 10.8. The van der Waals surface area contributed by atoms with Crippen LogP contribution in [-0.2, 0) is 6.54 Å². The van der Waals surface area contributed by atoms with Crippen molar-refractivity contribution in [3.8, 4) is 5.75 Å². The van der Waals surface area contributed by atoms with Gasteiger partial charge in [-0.1, -0.05) is 0 Å². The van der Waals surface area contributed by atoms with Crippen molar-refractivity contribution in [3.63, 3.8) is 0 Å². The summed E-state index contributed by atoms with van der Waals surface area (Å²) in [7, 11) is 3.08. The molecule has 0 unspecified atom stereocenters. The van der Waals surface area contributed by atoms with E-state index in [9.17, 15) is 14.7 Å². The number of aromatic nitrogens is 2. The van der Waals surface area contributed by atoms with Crippen LogP contribution in [0.15, 0.2) is 24.5 Å². The largest absolute Gasteiger partial charge is 0.496 e. The van der Waals surface area contributed by atoms with Gasteiger partial charge >= 0.3 is 5.97 Å². The lowest BCUT2D eigenvalue weighted by Gasteiger charge is -2.20. The summed E-state index contributed by atoms with van der Waals surface area (Å²) in [5.41, 5.74) is 0.961. The lowest BCUT2D eigenvalue weighted by Crippen LogP contribution is -2.29. The molecule has 1 aromatic heterocycles. The molecule has 0 aliphatic heterocycles. The molecule has 1 heterocycles. The van der Waals surface area contributed by atoms with Crippen LogP contribution in [0, 0.1) is 6.92 Å². The first-order valence-electron chi connectivity index (χ1n) is 7.95. The Labute approximate surface area is 146 Å². The van der Waals surface area contributed by atoms with Gasteiger partial charge in [-0.05, 0) is 38.5 Å². The molecule has 0 spiro atoms. The van der Waals surface area contributed by atoms with Crippen molar-refractivity contribution in [1.29, 1.82) is 0 Å². The molecule has 2 aromatic rings. The third kappa shape index (κ3) is 3.81. The highest BCUT2D eigenvalue weighted by molar-refractivity contribution is 6.00. The first-order valence-corrected chi connectivity index (χ1v) is 7.95. The van der Waals surface area contributed by atoms with Gasteiger partial charge in [-0.2, -0.15) is 0 Å². The molecule has 2 rings (SSSR count). The second-order valence-corrected chi connectivity index (χ2v) is 6.18. The van der Waals surface area contributed by atoms with Crippen LogP contribution in [0.25, 0.3) is 0 Å². The van der Waals surface area contributed by atoms with E-state index >= 15 is 0 Å². The van der Waals surface area contributed by atoms with Gasteiger partial charge in [0.05, 0.1) is 13.7 Å². The average molecular weight is 345 g/mol. The summed E-state index contributed by atoms with van der Waals surface area (Å²) in [5, 5.41) is 9.32. The highest BCUT2D eigenvalue weighted by atomic mass is 16.5. The molecule has 0 saturated carbocycles. The lowest BCUT2D eigenvalue weighted by atomic mass is 10.0. The Morgan fingerprint density at radius 2 is 2.00 bits per heavy atom. The molecule has 1 aromatic carbocycles. The zero-order valence-electron chi connectivity index (χ0n) is 15.1. The molecule has 0 saturated heterocycles. The van der Waals surface area contributed by atoms with Crippen LogP contribution in [0.4, 0.5) is 0 Å². The number of benzene rings is 1. The van der Waals surface area contributed by atoms with Crippen molar-refractivity contribution >= 4 is 11.9 Å². The van der Waals surface area contributed by atoms with Crippen molar-refractivity contribution in [1.82, 2.24) is 14.5 Å². The summed E-state index contributed by atoms with van der Waals surface area (Å²) >= 11 is 0. The molecule has 0 fully saturated rings. The van der Waals surface area contributed by atoms with Crippen LogP contribution in [-0.4, -0.2) is 45.6 Å². The first-order chi connectivity index (χ1) is 11.8. The number of carbonyl (C=O) groups is 2.